The second-order valence-electron chi connectivity index (χ2n) is 8.62. The molecule has 8 heteroatoms. The van der Waals surface area contributed by atoms with Gasteiger partial charge in [-0.1, -0.05) is 0 Å². The quantitative estimate of drug-likeness (QED) is 0.730. The third-order valence-electron chi connectivity index (χ3n) is 6.97. The molecular weight excluding hydrogens is 390 g/mol. The van der Waals surface area contributed by atoms with E-state index in [2.05, 4.69) is 0 Å². The number of fused-ring (bicyclic) bond motifs is 4. The standard InChI is InChI=1S/C21H27N3O4S/c25-18-3-1-2-17-15-10-16(12-23(11-15)20(26)14-4-9-29-13-14)19(24(17)18)21(27)22-5-7-28-8-6-22/h4,9,13,15-17,19H,1-3,5-8,10-12H2/t15-,16+,17+,19-/m1/s1. The van der Waals surface area contributed by atoms with E-state index >= 15 is 0 Å². The Hall–Kier alpha value is -1.93. The highest BCUT2D eigenvalue weighted by atomic mass is 32.1. The van der Waals surface area contributed by atoms with E-state index in [0.29, 0.717) is 45.8 Å². The molecule has 0 aliphatic carbocycles. The van der Waals surface area contributed by atoms with Gasteiger partial charge < -0.3 is 19.4 Å². The first-order chi connectivity index (χ1) is 14.1. The number of carbonyl (C=O) groups excluding carboxylic acids is 3. The molecule has 0 N–H and O–H groups in total. The zero-order valence-electron chi connectivity index (χ0n) is 16.5. The highest BCUT2D eigenvalue weighted by Crippen LogP contribution is 2.42. The zero-order valence-corrected chi connectivity index (χ0v) is 17.3. The van der Waals surface area contributed by atoms with Gasteiger partial charge in [0.25, 0.3) is 5.91 Å². The van der Waals surface area contributed by atoms with Crippen LogP contribution < -0.4 is 0 Å². The zero-order chi connectivity index (χ0) is 20.0. The number of nitrogens with zero attached hydrogens (tertiary/aromatic N) is 3. The summed E-state index contributed by atoms with van der Waals surface area (Å²) in [6, 6.07) is 1.49. The molecule has 0 unspecified atom stereocenters. The SMILES string of the molecule is O=C(c1ccsc1)N1C[C@H]2C[C@@H](C1)[C@H](C(=O)N1CCOCC1)N1C(=O)CCC[C@@H]21. The second-order valence-corrected chi connectivity index (χ2v) is 9.40. The Kier molecular flexibility index (Phi) is 5.07. The fraction of sp³-hybridized carbons (Fsp3) is 0.667. The lowest BCUT2D eigenvalue weighted by atomic mass is 9.71. The Morgan fingerprint density at radius 2 is 1.90 bits per heavy atom. The van der Waals surface area contributed by atoms with Gasteiger partial charge in [0.05, 0.1) is 18.8 Å². The van der Waals surface area contributed by atoms with Crippen LogP contribution in [0.1, 0.15) is 36.0 Å². The fourth-order valence-corrected chi connectivity index (χ4v) is 6.31. The molecular formula is C21H27N3O4S. The topological polar surface area (TPSA) is 70.2 Å². The predicted octanol–water partition coefficient (Wildman–Crippen LogP) is 1.45. The average Bonchev–Trinajstić information content (AvgIpc) is 3.29. The highest BCUT2D eigenvalue weighted by Gasteiger charge is 2.53. The van der Waals surface area contributed by atoms with E-state index in [1.807, 2.05) is 31.5 Å². The van der Waals surface area contributed by atoms with Crippen molar-refractivity contribution in [3.05, 3.63) is 22.4 Å². The number of amides is 3. The van der Waals surface area contributed by atoms with E-state index in [9.17, 15) is 14.4 Å². The number of thiophene rings is 1. The lowest BCUT2D eigenvalue weighted by Gasteiger charge is -2.56. The molecule has 3 amide bonds. The summed E-state index contributed by atoms with van der Waals surface area (Å²) in [5.41, 5.74) is 0.725. The maximum Gasteiger partial charge on any atom is 0.254 e. The third-order valence-corrected chi connectivity index (χ3v) is 7.66. The molecule has 2 bridgehead atoms. The smallest absolute Gasteiger partial charge is 0.254 e. The molecule has 1 aromatic rings. The summed E-state index contributed by atoms with van der Waals surface area (Å²) in [6.07, 6.45) is 3.25. The monoisotopic (exact) mass is 417 g/mol. The van der Waals surface area contributed by atoms with Gasteiger partial charge in [-0.25, -0.2) is 0 Å². The van der Waals surface area contributed by atoms with Crippen LogP contribution in [0, 0.1) is 11.8 Å². The second kappa shape index (κ2) is 7.72. The molecule has 0 saturated carbocycles. The van der Waals surface area contributed by atoms with E-state index < -0.39 is 6.04 Å². The maximum atomic E-state index is 13.5. The van der Waals surface area contributed by atoms with Crippen LogP contribution in [0.25, 0.3) is 0 Å². The minimum absolute atomic E-state index is 0.00461. The van der Waals surface area contributed by atoms with Crippen molar-refractivity contribution in [1.82, 2.24) is 14.7 Å². The number of rotatable bonds is 2. The van der Waals surface area contributed by atoms with Gasteiger partial charge in [0.2, 0.25) is 11.8 Å². The van der Waals surface area contributed by atoms with Crippen LogP contribution in [0.5, 0.6) is 0 Å². The van der Waals surface area contributed by atoms with Crippen molar-refractivity contribution in [3.63, 3.8) is 0 Å². The van der Waals surface area contributed by atoms with Crippen molar-refractivity contribution in [1.29, 1.82) is 0 Å². The minimum atomic E-state index is -0.444. The molecule has 0 spiro atoms. The summed E-state index contributed by atoms with van der Waals surface area (Å²) in [5.74, 6) is 0.468. The van der Waals surface area contributed by atoms with Crippen LogP contribution in [-0.2, 0) is 14.3 Å². The molecule has 4 saturated heterocycles. The van der Waals surface area contributed by atoms with Gasteiger partial charge in [0, 0.05) is 49.9 Å². The Balaban J connectivity index is 1.44. The molecule has 4 aliphatic rings. The van der Waals surface area contributed by atoms with Crippen molar-refractivity contribution in [3.8, 4) is 0 Å². The van der Waals surface area contributed by atoms with Gasteiger partial charge in [0.15, 0.2) is 0 Å². The Labute approximate surface area is 174 Å². The largest absolute Gasteiger partial charge is 0.378 e. The summed E-state index contributed by atoms with van der Waals surface area (Å²) in [4.78, 5) is 45.2. The van der Waals surface area contributed by atoms with Gasteiger partial charge in [-0.3, -0.25) is 14.4 Å². The number of piperidine rings is 3. The lowest BCUT2D eigenvalue weighted by Crippen LogP contribution is -2.69. The molecule has 156 valence electrons. The molecule has 4 fully saturated rings. The molecule has 7 nitrogen and oxygen atoms in total. The predicted molar refractivity (Wildman–Crippen MR) is 107 cm³/mol. The van der Waals surface area contributed by atoms with Crippen LogP contribution in [0.3, 0.4) is 0 Å². The summed E-state index contributed by atoms with van der Waals surface area (Å²) >= 11 is 1.52. The van der Waals surface area contributed by atoms with E-state index in [-0.39, 0.29) is 35.6 Å². The van der Waals surface area contributed by atoms with Crippen LogP contribution in [0.2, 0.25) is 0 Å². The number of morpholine rings is 1. The van der Waals surface area contributed by atoms with Crippen molar-refractivity contribution in [2.45, 2.75) is 37.8 Å². The summed E-state index contributed by atoms with van der Waals surface area (Å²) < 4.78 is 5.41. The lowest BCUT2D eigenvalue weighted by molar-refractivity contribution is -0.166. The van der Waals surface area contributed by atoms with Gasteiger partial charge in [-0.05, 0) is 36.6 Å². The van der Waals surface area contributed by atoms with Crippen molar-refractivity contribution >= 4 is 29.1 Å². The van der Waals surface area contributed by atoms with Crippen molar-refractivity contribution in [2.24, 2.45) is 11.8 Å². The minimum Gasteiger partial charge on any atom is -0.378 e. The molecule has 0 radical (unpaired) electrons. The first-order valence-electron chi connectivity index (χ1n) is 10.6. The van der Waals surface area contributed by atoms with Crippen LogP contribution in [0.4, 0.5) is 0 Å². The number of hydrogen-bond donors (Lipinski definition) is 0. The van der Waals surface area contributed by atoms with E-state index in [1.165, 1.54) is 11.3 Å². The maximum absolute atomic E-state index is 13.5. The van der Waals surface area contributed by atoms with Gasteiger partial charge in [0.1, 0.15) is 6.04 Å². The van der Waals surface area contributed by atoms with E-state index in [1.54, 1.807) is 0 Å². The van der Waals surface area contributed by atoms with Gasteiger partial charge >= 0.3 is 0 Å². The first-order valence-corrected chi connectivity index (χ1v) is 11.6. The van der Waals surface area contributed by atoms with Gasteiger partial charge in [-0.2, -0.15) is 11.3 Å². The van der Waals surface area contributed by atoms with Crippen LogP contribution in [-0.4, -0.2) is 83.9 Å². The highest BCUT2D eigenvalue weighted by molar-refractivity contribution is 7.08. The third kappa shape index (κ3) is 3.36. The Morgan fingerprint density at radius 1 is 1.10 bits per heavy atom. The summed E-state index contributed by atoms with van der Waals surface area (Å²) in [6.45, 7) is 3.48. The number of likely N-dealkylation sites (tertiary alicyclic amines) is 1. The van der Waals surface area contributed by atoms with Crippen molar-refractivity contribution < 1.29 is 19.1 Å². The normalized spacial score (nSPS) is 32.1. The Bertz CT molecular complexity index is 792. The first kappa shape index (κ1) is 19.1. The fourth-order valence-electron chi connectivity index (χ4n) is 5.68. The molecule has 4 atom stereocenters. The summed E-state index contributed by atoms with van der Waals surface area (Å²) in [5, 5.41) is 3.81. The molecule has 4 aliphatic heterocycles. The summed E-state index contributed by atoms with van der Waals surface area (Å²) in [7, 11) is 0. The average molecular weight is 418 g/mol. The molecule has 0 aromatic carbocycles. The van der Waals surface area contributed by atoms with E-state index in [0.717, 1.165) is 24.8 Å². The van der Waals surface area contributed by atoms with Crippen LogP contribution in [0.15, 0.2) is 16.8 Å². The van der Waals surface area contributed by atoms with Crippen LogP contribution >= 0.6 is 11.3 Å². The number of hydrogen-bond acceptors (Lipinski definition) is 5. The Morgan fingerprint density at radius 3 is 2.66 bits per heavy atom. The van der Waals surface area contributed by atoms with E-state index in [4.69, 9.17) is 4.74 Å². The molecule has 5 heterocycles. The number of ether oxygens (including phenoxy) is 1. The molecule has 29 heavy (non-hydrogen) atoms. The molecule has 1 aromatic heterocycles. The van der Waals surface area contributed by atoms with Gasteiger partial charge in [-0.15, -0.1) is 0 Å². The molecule has 5 rings (SSSR count). The van der Waals surface area contributed by atoms with Crippen molar-refractivity contribution in [2.75, 3.05) is 39.4 Å². The number of carbonyl (C=O) groups is 3.